The van der Waals surface area contributed by atoms with E-state index >= 15 is 0 Å². The molecule has 2 heterocycles. The lowest BCUT2D eigenvalue weighted by molar-refractivity contribution is 0.0950. The molecule has 0 unspecified atom stereocenters. The molecule has 0 spiro atoms. The van der Waals surface area contributed by atoms with E-state index < -0.39 is 17.5 Å². The van der Waals surface area contributed by atoms with Gasteiger partial charge in [0.1, 0.15) is 17.3 Å². The predicted molar refractivity (Wildman–Crippen MR) is 113 cm³/mol. The number of hydrogen-bond acceptors (Lipinski definition) is 4. The van der Waals surface area contributed by atoms with Gasteiger partial charge in [-0.25, -0.2) is 8.78 Å². The fourth-order valence-corrected chi connectivity index (χ4v) is 3.12. The molecule has 0 aliphatic heterocycles. The van der Waals surface area contributed by atoms with Gasteiger partial charge in [0.05, 0.1) is 11.8 Å². The maximum absolute atomic E-state index is 14.2. The van der Waals surface area contributed by atoms with Crippen molar-refractivity contribution in [3.05, 3.63) is 95.6 Å². The van der Waals surface area contributed by atoms with Gasteiger partial charge in [0.2, 0.25) is 0 Å². The number of benzene rings is 2. The van der Waals surface area contributed by atoms with Crippen molar-refractivity contribution >= 4 is 17.5 Å². The van der Waals surface area contributed by atoms with Crippen LogP contribution in [0.5, 0.6) is 0 Å². The highest BCUT2D eigenvalue weighted by Gasteiger charge is 2.20. The van der Waals surface area contributed by atoms with E-state index in [2.05, 4.69) is 15.7 Å². The number of halogens is 2. The summed E-state index contributed by atoms with van der Waals surface area (Å²) in [6, 6.07) is 13.2. The number of furan rings is 1. The maximum Gasteiger partial charge on any atom is 0.291 e. The van der Waals surface area contributed by atoms with Crippen LogP contribution in [0.25, 0.3) is 11.3 Å². The molecule has 7 nitrogen and oxygen atoms in total. The number of anilines is 1. The van der Waals surface area contributed by atoms with Crippen molar-refractivity contribution in [2.45, 2.75) is 6.54 Å². The van der Waals surface area contributed by atoms with Crippen LogP contribution in [-0.2, 0) is 13.6 Å². The number of aryl methyl sites for hydroxylation is 1. The van der Waals surface area contributed by atoms with Crippen LogP contribution in [0.4, 0.5) is 14.5 Å². The van der Waals surface area contributed by atoms with Gasteiger partial charge >= 0.3 is 0 Å². The summed E-state index contributed by atoms with van der Waals surface area (Å²) in [7, 11) is 1.61. The lowest BCUT2D eigenvalue weighted by atomic mass is 10.1. The molecule has 2 aromatic heterocycles. The summed E-state index contributed by atoms with van der Waals surface area (Å²) >= 11 is 0. The molecule has 2 aromatic carbocycles. The summed E-state index contributed by atoms with van der Waals surface area (Å²) in [6.07, 6.45) is 2.89. The molecule has 9 heteroatoms. The Kier molecular flexibility index (Phi) is 5.80. The Morgan fingerprint density at radius 3 is 2.53 bits per heavy atom. The predicted octanol–water partition coefficient (Wildman–Crippen LogP) is 4.14. The first-order valence-corrected chi connectivity index (χ1v) is 9.62. The van der Waals surface area contributed by atoms with Crippen molar-refractivity contribution in [2.75, 3.05) is 5.32 Å². The standard InChI is InChI=1S/C23H18F2N4O3/c1-29-13-18(21(28-29)17-9-6-15(24)11-19(17)25)22(30)26-12-14-4-7-16(8-5-14)27-23(31)20-3-2-10-32-20/h2-11,13H,12H2,1H3,(H,26,30)(H,27,31). The maximum atomic E-state index is 14.2. The number of nitrogens with zero attached hydrogens (tertiary/aromatic N) is 2. The summed E-state index contributed by atoms with van der Waals surface area (Å²) in [4.78, 5) is 24.7. The second-order valence-electron chi connectivity index (χ2n) is 7.00. The molecule has 0 atom stereocenters. The van der Waals surface area contributed by atoms with Crippen molar-refractivity contribution in [3.8, 4) is 11.3 Å². The van der Waals surface area contributed by atoms with Crippen molar-refractivity contribution in [1.82, 2.24) is 15.1 Å². The number of carbonyl (C=O) groups is 2. The topological polar surface area (TPSA) is 89.2 Å². The second-order valence-corrected chi connectivity index (χ2v) is 7.00. The van der Waals surface area contributed by atoms with Gasteiger partial charge in [0.25, 0.3) is 11.8 Å². The van der Waals surface area contributed by atoms with Crippen LogP contribution >= 0.6 is 0 Å². The molecule has 162 valence electrons. The van der Waals surface area contributed by atoms with E-state index in [4.69, 9.17) is 4.42 Å². The van der Waals surface area contributed by atoms with Crippen molar-refractivity contribution < 1.29 is 22.8 Å². The van der Waals surface area contributed by atoms with E-state index in [9.17, 15) is 18.4 Å². The van der Waals surface area contributed by atoms with Gasteiger partial charge in [0, 0.05) is 37.1 Å². The number of carbonyl (C=O) groups excluding carboxylic acids is 2. The molecule has 0 aliphatic carbocycles. The molecule has 0 saturated carbocycles. The molecule has 32 heavy (non-hydrogen) atoms. The van der Waals surface area contributed by atoms with E-state index in [-0.39, 0.29) is 35.0 Å². The van der Waals surface area contributed by atoms with Gasteiger partial charge < -0.3 is 15.1 Å². The number of aromatic nitrogens is 2. The second kappa shape index (κ2) is 8.84. The Morgan fingerprint density at radius 2 is 1.84 bits per heavy atom. The Labute approximate surface area is 181 Å². The third kappa shape index (κ3) is 4.56. The molecule has 0 aliphatic rings. The third-order valence-corrected chi connectivity index (χ3v) is 4.67. The van der Waals surface area contributed by atoms with Crippen LogP contribution in [0.3, 0.4) is 0 Å². The zero-order valence-electron chi connectivity index (χ0n) is 16.9. The first-order valence-electron chi connectivity index (χ1n) is 9.62. The minimum Gasteiger partial charge on any atom is -0.459 e. The van der Waals surface area contributed by atoms with Crippen molar-refractivity contribution in [3.63, 3.8) is 0 Å². The van der Waals surface area contributed by atoms with Crippen LogP contribution in [0.1, 0.15) is 26.5 Å². The fourth-order valence-electron chi connectivity index (χ4n) is 3.12. The van der Waals surface area contributed by atoms with Crippen molar-refractivity contribution in [1.29, 1.82) is 0 Å². The smallest absolute Gasteiger partial charge is 0.291 e. The molecule has 0 fully saturated rings. The van der Waals surface area contributed by atoms with Crippen LogP contribution < -0.4 is 10.6 Å². The number of nitrogens with one attached hydrogen (secondary N) is 2. The molecule has 0 saturated heterocycles. The SMILES string of the molecule is Cn1cc(C(=O)NCc2ccc(NC(=O)c3ccco3)cc2)c(-c2ccc(F)cc2F)n1. The van der Waals surface area contributed by atoms with E-state index in [0.29, 0.717) is 5.69 Å². The quantitative estimate of drug-likeness (QED) is 0.476. The molecule has 4 aromatic rings. The Hall–Kier alpha value is -4.27. The zero-order valence-corrected chi connectivity index (χ0v) is 16.9. The number of hydrogen-bond donors (Lipinski definition) is 2. The highest BCUT2D eigenvalue weighted by molar-refractivity contribution is 6.02. The largest absolute Gasteiger partial charge is 0.459 e. The van der Waals surface area contributed by atoms with E-state index in [1.165, 1.54) is 23.2 Å². The van der Waals surface area contributed by atoms with E-state index in [1.807, 2.05) is 0 Å². The minimum absolute atomic E-state index is 0.0359. The van der Waals surface area contributed by atoms with Crippen LogP contribution in [0.2, 0.25) is 0 Å². The van der Waals surface area contributed by atoms with E-state index in [0.717, 1.165) is 17.7 Å². The summed E-state index contributed by atoms with van der Waals surface area (Å²) < 4.78 is 33.9. The van der Waals surface area contributed by atoms with Gasteiger partial charge in [-0.3, -0.25) is 14.3 Å². The number of rotatable bonds is 6. The lowest BCUT2D eigenvalue weighted by Crippen LogP contribution is -2.23. The third-order valence-electron chi connectivity index (χ3n) is 4.67. The van der Waals surface area contributed by atoms with Crippen LogP contribution in [0, 0.1) is 11.6 Å². The summed E-state index contributed by atoms with van der Waals surface area (Å²) in [6.45, 7) is 0.200. The Morgan fingerprint density at radius 1 is 1.06 bits per heavy atom. The molecular formula is C23H18F2N4O3. The molecule has 0 radical (unpaired) electrons. The summed E-state index contributed by atoms with van der Waals surface area (Å²) in [5, 5.41) is 9.62. The van der Waals surface area contributed by atoms with Gasteiger partial charge in [-0.1, -0.05) is 12.1 Å². The Bertz CT molecular complexity index is 1270. The monoisotopic (exact) mass is 436 g/mol. The lowest BCUT2D eigenvalue weighted by Gasteiger charge is -2.08. The summed E-state index contributed by atoms with van der Waals surface area (Å²) in [5.41, 5.74) is 1.68. The van der Waals surface area contributed by atoms with Gasteiger partial charge in [-0.05, 0) is 42.0 Å². The average molecular weight is 436 g/mol. The normalized spacial score (nSPS) is 10.7. The van der Waals surface area contributed by atoms with Gasteiger partial charge in [0.15, 0.2) is 5.76 Å². The van der Waals surface area contributed by atoms with E-state index in [1.54, 1.807) is 43.4 Å². The summed E-state index contributed by atoms with van der Waals surface area (Å²) in [5.74, 6) is -2.13. The highest BCUT2D eigenvalue weighted by atomic mass is 19.1. The highest BCUT2D eigenvalue weighted by Crippen LogP contribution is 2.25. The first kappa shape index (κ1) is 21.0. The van der Waals surface area contributed by atoms with Crippen molar-refractivity contribution in [2.24, 2.45) is 7.05 Å². The van der Waals surface area contributed by atoms with Crippen LogP contribution in [0.15, 0.2) is 71.5 Å². The Balaban J connectivity index is 1.42. The molecule has 4 rings (SSSR count). The first-order chi connectivity index (χ1) is 15.4. The fraction of sp³-hybridized carbons (Fsp3) is 0.0870. The van der Waals surface area contributed by atoms with Gasteiger partial charge in [-0.2, -0.15) is 5.10 Å². The zero-order chi connectivity index (χ0) is 22.7. The minimum atomic E-state index is -0.801. The molecular weight excluding hydrogens is 418 g/mol. The van der Waals surface area contributed by atoms with Gasteiger partial charge in [-0.15, -0.1) is 0 Å². The molecule has 0 bridgehead atoms. The number of amides is 2. The molecule has 2 amide bonds. The van der Waals surface area contributed by atoms with Crippen LogP contribution in [-0.4, -0.2) is 21.6 Å². The average Bonchev–Trinajstić information content (AvgIpc) is 3.43. The molecule has 2 N–H and O–H groups in total.